The maximum absolute atomic E-state index is 12.6. The van der Waals surface area contributed by atoms with Crippen LogP contribution in [0.25, 0.3) is 11.3 Å². The highest BCUT2D eigenvalue weighted by molar-refractivity contribution is 7.13. The van der Waals surface area contributed by atoms with Gasteiger partial charge in [0.15, 0.2) is 0 Å². The van der Waals surface area contributed by atoms with Crippen molar-refractivity contribution in [1.82, 2.24) is 4.98 Å². The number of aromatic hydroxyl groups is 1. The van der Waals surface area contributed by atoms with Crippen LogP contribution >= 0.6 is 11.3 Å². The van der Waals surface area contributed by atoms with E-state index in [9.17, 15) is 18.3 Å². The number of aromatic nitrogens is 1. The molecule has 0 saturated carbocycles. The van der Waals surface area contributed by atoms with Crippen LogP contribution < -0.4 is 0 Å². The van der Waals surface area contributed by atoms with E-state index in [1.165, 1.54) is 29.7 Å². The first-order valence-corrected chi connectivity index (χ1v) is 8.77. The summed E-state index contributed by atoms with van der Waals surface area (Å²) < 4.78 is 37.8. The van der Waals surface area contributed by atoms with Crippen LogP contribution in [0.3, 0.4) is 0 Å². The Morgan fingerprint density at radius 3 is 2.59 bits per heavy atom. The first-order chi connectivity index (χ1) is 12.9. The van der Waals surface area contributed by atoms with Gasteiger partial charge in [-0.05, 0) is 36.2 Å². The van der Waals surface area contributed by atoms with Crippen LogP contribution in [-0.4, -0.2) is 10.1 Å². The van der Waals surface area contributed by atoms with Crippen molar-refractivity contribution >= 4 is 16.5 Å². The molecule has 0 amide bonds. The van der Waals surface area contributed by atoms with Crippen LogP contribution in [0.4, 0.5) is 18.3 Å². The Hall–Kier alpha value is -3.00. The fourth-order valence-corrected chi connectivity index (χ4v) is 2.93. The molecular weight excluding hydrogens is 375 g/mol. The van der Waals surface area contributed by atoms with Crippen molar-refractivity contribution in [2.75, 3.05) is 0 Å². The summed E-state index contributed by atoms with van der Waals surface area (Å²) in [5.41, 5.74) is 1.38. The molecule has 0 radical (unpaired) electrons. The van der Waals surface area contributed by atoms with Gasteiger partial charge in [0.1, 0.15) is 5.75 Å². The van der Waals surface area contributed by atoms with E-state index in [4.69, 9.17) is 0 Å². The van der Waals surface area contributed by atoms with Crippen molar-refractivity contribution in [1.29, 1.82) is 0 Å². The van der Waals surface area contributed by atoms with Crippen LogP contribution in [0.1, 0.15) is 11.1 Å². The van der Waals surface area contributed by atoms with Crippen molar-refractivity contribution in [2.45, 2.75) is 12.6 Å². The summed E-state index contributed by atoms with van der Waals surface area (Å²) >= 11 is 1.25. The van der Waals surface area contributed by atoms with Gasteiger partial charge in [0.2, 0.25) is 5.13 Å². The minimum atomic E-state index is -4.36. The van der Waals surface area contributed by atoms with Gasteiger partial charge in [0.05, 0.1) is 11.3 Å². The molecule has 1 heterocycles. The molecule has 2 aromatic carbocycles. The summed E-state index contributed by atoms with van der Waals surface area (Å²) in [4.78, 5) is 4.25. The number of thiazole rings is 1. The third-order valence-electron chi connectivity index (χ3n) is 3.58. The first kappa shape index (κ1) is 18.8. The lowest BCUT2D eigenvalue weighted by molar-refractivity contribution is -0.137. The maximum atomic E-state index is 12.6. The second-order valence-corrected chi connectivity index (χ2v) is 6.40. The molecule has 8 heteroatoms. The third-order valence-corrected chi connectivity index (χ3v) is 4.30. The van der Waals surface area contributed by atoms with Gasteiger partial charge in [-0.15, -0.1) is 16.5 Å². The Morgan fingerprint density at radius 2 is 1.89 bits per heavy atom. The zero-order valence-corrected chi connectivity index (χ0v) is 14.7. The number of nitrogens with zero attached hydrogens (tertiary/aromatic N) is 3. The number of halogens is 3. The second-order valence-electron chi connectivity index (χ2n) is 5.56. The second kappa shape index (κ2) is 8.13. The first-order valence-electron chi connectivity index (χ1n) is 7.89. The summed E-state index contributed by atoms with van der Waals surface area (Å²) in [7, 11) is 0. The maximum Gasteiger partial charge on any atom is 0.416 e. The lowest BCUT2D eigenvalue weighted by atomic mass is 10.1. The van der Waals surface area contributed by atoms with Crippen LogP contribution in [0.2, 0.25) is 0 Å². The molecule has 0 aliphatic rings. The van der Waals surface area contributed by atoms with E-state index in [-0.39, 0.29) is 5.75 Å². The highest BCUT2D eigenvalue weighted by Gasteiger charge is 2.30. The van der Waals surface area contributed by atoms with Gasteiger partial charge >= 0.3 is 6.18 Å². The fourth-order valence-electron chi connectivity index (χ4n) is 2.27. The molecule has 1 N–H and O–H groups in total. The number of hydrogen-bond acceptors (Lipinski definition) is 5. The van der Waals surface area contributed by atoms with E-state index in [2.05, 4.69) is 15.2 Å². The van der Waals surface area contributed by atoms with Crippen molar-refractivity contribution in [3.8, 4) is 17.0 Å². The van der Waals surface area contributed by atoms with Crippen molar-refractivity contribution < 1.29 is 18.3 Å². The van der Waals surface area contributed by atoms with Gasteiger partial charge in [-0.3, -0.25) is 0 Å². The normalized spacial score (nSPS) is 12.3. The van der Waals surface area contributed by atoms with Gasteiger partial charge < -0.3 is 5.11 Å². The number of rotatable bonds is 5. The molecule has 4 nitrogen and oxygen atoms in total. The topological polar surface area (TPSA) is 57.8 Å². The average molecular weight is 389 g/mol. The van der Waals surface area contributed by atoms with Crippen LogP contribution in [0.5, 0.6) is 5.75 Å². The lowest BCUT2D eigenvalue weighted by Crippen LogP contribution is -2.03. The lowest BCUT2D eigenvalue weighted by Gasteiger charge is -2.06. The van der Waals surface area contributed by atoms with Crippen LogP contribution in [-0.2, 0) is 12.6 Å². The number of allylic oxidation sites excluding steroid dienone is 1. The molecule has 0 atom stereocenters. The van der Waals surface area contributed by atoms with E-state index in [1.807, 2.05) is 6.07 Å². The Balaban J connectivity index is 1.60. The fraction of sp³-hybridized carbons (Fsp3) is 0.105. The monoisotopic (exact) mass is 389 g/mol. The summed E-state index contributed by atoms with van der Waals surface area (Å²) in [5, 5.41) is 19.4. The molecule has 0 saturated heterocycles. The van der Waals surface area contributed by atoms with E-state index < -0.39 is 11.7 Å². The number of phenols is 1. The Morgan fingerprint density at radius 1 is 1.11 bits per heavy atom. The molecule has 3 aromatic rings. The van der Waals surface area contributed by atoms with E-state index in [0.29, 0.717) is 22.8 Å². The van der Waals surface area contributed by atoms with Gasteiger partial charge in [0.25, 0.3) is 0 Å². The molecule has 3 rings (SSSR count). The van der Waals surface area contributed by atoms with Crippen LogP contribution in [0.15, 0.2) is 76.4 Å². The van der Waals surface area contributed by atoms with Crippen molar-refractivity contribution in [3.05, 3.63) is 77.3 Å². The predicted octanol–water partition coefficient (Wildman–Crippen LogP) is 6.37. The number of hydrogen-bond donors (Lipinski definition) is 1. The molecule has 1 aromatic heterocycles. The molecule has 0 aliphatic carbocycles. The van der Waals surface area contributed by atoms with E-state index in [0.717, 1.165) is 17.7 Å². The molecule has 138 valence electrons. The average Bonchev–Trinajstić information content (AvgIpc) is 3.10. The molecule has 0 spiro atoms. The summed E-state index contributed by atoms with van der Waals surface area (Å²) in [6.07, 6.45) is -0.432. The highest BCUT2D eigenvalue weighted by Crippen LogP contribution is 2.32. The number of alkyl halides is 3. The van der Waals surface area contributed by atoms with Crippen molar-refractivity contribution in [3.63, 3.8) is 0 Å². The van der Waals surface area contributed by atoms with Crippen molar-refractivity contribution in [2.24, 2.45) is 10.2 Å². The predicted molar refractivity (Wildman–Crippen MR) is 98.0 cm³/mol. The molecule has 0 fully saturated rings. The molecule has 0 bridgehead atoms. The molecular formula is C19H14F3N3OS. The third kappa shape index (κ3) is 5.24. The van der Waals surface area contributed by atoms with Gasteiger partial charge in [0, 0.05) is 17.1 Å². The standard InChI is InChI=1S/C19H14F3N3OS/c20-19(21,22)15-8-6-14(7-9-15)17-12-27-18(24-17)25-23-10-2-4-13-3-1-5-16(26)11-13/h1-3,5-12,26H,4H2. The summed E-state index contributed by atoms with van der Waals surface area (Å²) in [6.45, 7) is 0. The minimum Gasteiger partial charge on any atom is -0.508 e. The van der Waals surface area contributed by atoms with E-state index >= 15 is 0 Å². The van der Waals surface area contributed by atoms with E-state index in [1.54, 1.807) is 29.7 Å². The Labute approximate surface area is 157 Å². The number of azo groups is 1. The zero-order chi connectivity index (χ0) is 19.3. The zero-order valence-electron chi connectivity index (χ0n) is 13.9. The Kier molecular flexibility index (Phi) is 5.66. The number of phenolic OH excluding ortho intramolecular Hbond substituents is 1. The molecule has 0 aliphatic heterocycles. The quantitative estimate of drug-likeness (QED) is 0.515. The highest BCUT2D eigenvalue weighted by atomic mass is 32.1. The largest absolute Gasteiger partial charge is 0.508 e. The minimum absolute atomic E-state index is 0.209. The smallest absolute Gasteiger partial charge is 0.416 e. The van der Waals surface area contributed by atoms with Crippen LogP contribution in [0, 0.1) is 0 Å². The summed E-state index contributed by atoms with van der Waals surface area (Å²) in [6, 6.07) is 11.7. The SMILES string of the molecule is Oc1cccc(CC=CN=Nc2nc(-c3ccc(C(F)(F)F)cc3)cs2)c1. The van der Waals surface area contributed by atoms with Gasteiger partial charge in [-0.1, -0.05) is 30.3 Å². The van der Waals surface area contributed by atoms with Gasteiger partial charge in [-0.25, -0.2) is 4.98 Å². The van der Waals surface area contributed by atoms with Gasteiger partial charge in [-0.2, -0.15) is 18.3 Å². The summed E-state index contributed by atoms with van der Waals surface area (Å²) in [5.74, 6) is 0.209. The molecule has 27 heavy (non-hydrogen) atoms. The molecule has 0 unspecified atom stereocenters. The Bertz CT molecular complexity index is 963. The number of benzene rings is 2.